The van der Waals surface area contributed by atoms with Crippen molar-refractivity contribution in [3.63, 3.8) is 0 Å². The van der Waals surface area contributed by atoms with E-state index in [9.17, 15) is 0 Å². The van der Waals surface area contributed by atoms with Crippen LogP contribution in [0.3, 0.4) is 0 Å². The van der Waals surface area contributed by atoms with Crippen molar-refractivity contribution in [1.82, 2.24) is 20.1 Å². The number of hydrogen-bond donors (Lipinski definition) is 1. The molecule has 1 N–H and O–H groups in total. The third-order valence-electron chi connectivity index (χ3n) is 3.66. The van der Waals surface area contributed by atoms with Crippen LogP contribution in [0.15, 0.2) is 23.8 Å². The van der Waals surface area contributed by atoms with E-state index < -0.39 is 0 Å². The average Bonchev–Trinajstić information content (AvgIpc) is 3.15. The predicted octanol–water partition coefficient (Wildman–Crippen LogP) is 3.29. The molecule has 0 spiro atoms. The summed E-state index contributed by atoms with van der Waals surface area (Å²) in [5.74, 6) is 1.10. The van der Waals surface area contributed by atoms with E-state index in [4.69, 9.17) is 0 Å². The van der Waals surface area contributed by atoms with E-state index in [-0.39, 0.29) is 0 Å². The van der Waals surface area contributed by atoms with Crippen molar-refractivity contribution in [1.29, 1.82) is 0 Å². The maximum atomic E-state index is 4.41. The lowest BCUT2D eigenvalue weighted by atomic mass is 10.1. The van der Waals surface area contributed by atoms with Gasteiger partial charge in [0.2, 0.25) is 0 Å². The molecule has 0 aromatic carbocycles. The summed E-state index contributed by atoms with van der Waals surface area (Å²) in [4.78, 5) is 5.89. The van der Waals surface area contributed by atoms with Gasteiger partial charge < -0.3 is 5.32 Å². The smallest absolute Gasteiger partial charge is 0.138 e. The first kappa shape index (κ1) is 16.2. The van der Waals surface area contributed by atoms with E-state index in [2.05, 4.69) is 46.8 Å². The van der Waals surface area contributed by atoms with E-state index >= 15 is 0 Å². The summed E-state index contributed by atoms with van der Waals surface area (Å²) < 4.78 is 2.00. The summed E-state index contributed by atoms with van der Waals surface area (Å²) >= 11 is 1.86. The summed E-state index contributed by atoms with van der Waals surface area (Å²) in [7, 11) is 0. The quantitative estimate of drug-likeness (QED) is 0.732. The molecule has 0 aliphatic rings. The molecular weight excluding hydrogens is 280 g/mol. The number of nitrogens with one attached hydrogen (secondary N) is 1. The topological polar surface area (TPSA) is 42.7 Å². The van der Waals surface area contributed by atoms with Crippen molar-refractivity contribution < 1.29 is 0 Å². The van der Waals surface area contributed by atoms with Gasteiger partial charge in [0.05, 0.1) is 0 Å². The van der Waals surface area contributed by atoms with Crippen LogP contribution in [0.4, 0.5) is 0 Å². The molecule has 1 unspecified atom stereocenters. The molecule has 2 aromatic heterocycles. The van der Waals surface area contributed by atoms with Crippen molar-refractivity contribution >= 4 is 11.3 Å². The molecule has 2 rings (SSSR count). The van der Waals surface area contributed by atoms with Gasteiger partial charge in [-0.25, -0.2) is 4.98 Å². The fraction of sp³-hybridized carbons (Fsp3) is 0.625. The Bertz CT molecular complexity index is 492. The molecule has 0 radical (unpaired) electrons. The maximum Gasteiger partial charge on any atom is 0.138 e. The van der Waals surface area contributed by atoms with E-state index in [0.29, 0.717) is 6.04 Å². The van der Waals surface area contributed by atoms with Crippen LogP contribution in [-0.4, -0.2) is 27.4 Å². The SMILES string of the molecule is CCCNC(CCCc1cccs1)Cc1ncnn1CC. The predicted molar refractivity (Wildman–Crippen MR) is 88.7 cm³/mol. The van der Waals surface area contributed by atoms with E-state index in [1.54, 1.807) is 6.33 Å². The molecule has 1 atom stereocenters. The molecule has 116 valence electrons. The minimum Gasteiger partial charge on any atom is -0.314 e. The van der Waals surface area contributed by atoms with Gasteiger partial charge in [-0.15, -0.1) is 11.3 Å². The Morgan fingerprint density at radius 3 is 3.00 bits per heavy atom. The van der Waals surface area contributed by atoms with E-state index in [1.165, 1.54) is 30.6 Å². The molecule has 0 aliphatic heterocycles. The molecule has 0 saturated carbocycles. The highest BCUT2D eigenvalue weighted by Gasteiger charge is 2.13. The van der Waals surface area contributed by atoms with Gasteiger partial charge in [-0.1, -0.05) is 13.0 Å². The summed E-state index contributed by atoms with van der Waals surface area (Å²) in [6, 6.07) is 4.86. The third-order valence-corrected chi connectivity index (χ3v) is 4.60. The Balaban J connectivity index is 1.84. The van der Waals surface area contributed by atoms with Crippen molar-refractivity contribution in [3.8, 4) is 0 Å². The van der Waals surface area contributed by atoms with Crippen LogP contribution in [0.1, 0.15) is 43.8 Å². The zero-order valence-electron chi connectivity index (χ0n) is 13.1. The van der Waals surface area contributed by atoms with Crippen LogP contribution < -0.4 is 5.32 Å². The highest BCUT2D eigenvalue weighted by atomic mass is 32.1. The molecule has 0 aliphatic carbocycles. The van der Waals surface area contributed by atoms with Gasteiger partial charge in [-0.3, -0.25) is 4.68 Å². The Hall–Kier alpha value is -1.20. The van der Waals surface area contributed by atoms with Crippen molar-refractivity contribution in [2.24, 2.45) is 0 Å². The molecule has 5 heteroatoms. The first-order valence-electron chi connectivity index (χ1n) is 7.96. The molecule has 2 aromatic rings. The van der Waals surface area contributed by atoms with E-state index in [0.717, 1.165) is 25.3 Å². The average molecular weight is 306 g/mol. The number of rotatable bonds is 10. The fourth-order valence-corrected chi connectivity index (χ4v) is 3.28. The van der Waals surface area contributed by atoms with Crippen LogP contribution in [0, 0.1) is 0 Å². The second-order valence-corrected chi connectivity index (χ2v) is 6.35. The van der Waals surface area contributed by atoms with Crippen LogP contribution in [0.5, 0.6) is 0 Å². The van der Waals surface area contributed by atoms with Crippen molar-refractivity contribution in [3.05, 3.63) is 34.5 Å². The highest BCUT2D eigenvalue weighted by molar-refractivity contribution is 7.09. The maximum absolute atomic E-state index is 4.41. The normalized spacial score (nSPS) is 12.7. The van der Waals surface area contributed by atoms with Crippen LogP contribution in [-0.2, 0) is 19.4 Å². The van der Waals surface area contributed by atoms with Gasteiger partial charge >= 0.3 is 0 Å². The summed E-state index contributed by atoms with van der Waals surface area (Å²) in [5.41, 5.74) is 0. The minimum atomic E-state index is 0.499. The first-order chi connectivity index (χ1) is 10.3. The van der Waals surface area contributed by atoms with Gasteiger partial charge in [-0.2, -0.15) is 5.10 Å². The summed E-state index contributed by atoms with van der Waals surface area (Å²) in [6.07, 6.45) is 7.40. The fourth-order valence-electron chi connectivity index (χ4n) is 2.53. The molecule has 0 saturated heterocycles. The standard InChI is InChI=1S/C16H26N4S/c1-3-10-17-14(7-5-8-15-9-6-11-21-15)12-16-18-13-19-20(16)4-2/h6,9,11,13-14,17H,3-5,7-8,10,12H2,1-2H3. The number of nitrogens with zero attached hydrogens (tertiary/aromatic N) is 3. The number of hydrogen-bond acceptors (Lipinski definition) is 4. The minimum absolute atomic E-state index is 0.499. The van der Waals surface area contributed by atoms with Gasteiger partial charge in [0.15, 0.2) is 0 Å². The monoisotopic (exact) mass is 306 g/mol. The van der Waals surface area contributed by atoms with Gasteiger partial charge in [0.25, 0.3) is 0 Å². The largest absolute Gasteiger partial charge is 0.314 e. The van der Waals surface area contributed by atoms with Gasteiger partial charge in [-0.05, 0) is 50.6 Å². The van der Waals surface area contributed by atoms with Crippen LogP contribution >= 0.6 is 11.3 Å². The molecular formula is C16H26N4S. The zero-order valence-corrected chi connectivity index (χ0v) is 13.9. The third kappa shape index (κ3) is 5.25. The lowest BCUT2D eigenvalue weighted by Gasteiger charge is -2.18. The number of thiophene rings is 1. The molecule has 0 amide bonds. The van der Waals surface area contributed by atoms with Crippen LogP contribution in [0.2, 0.25) is 0 Å². The molecule has 2 heterocycles. The second-order valence-electron chi connectivity index (χ2n) is 5.32. The lowest BCUT2D eigenvalue weighted by Crippen LogP contribution is -2.33. The second kappa shape index (κ2) is 8.95. The Morgan fingerprint density at radius 1 is 1.38 bits per heavy atom. The van der Waals surface area contributed by atoms with E-state index in [1.807, 2.05) is 16.0 Å². The molecule has 0 fully saturated rings. The molecule has 4 nitrogen and oxygen atoms in total. The lowest BCUT2D eigenvalue weighted by molar-refractivity contribution is 0.446. The number of aryl methyl sites for hydroxylation is 2. The molecule has 21 heavy (non-hydrogen) atoms. The Morgan fingerprint density at radius 2 is 2.29 bits per heavy atom. The van der Waals surface area contributed by atoms with Gasteiger partial charge in [0.1, 0.15) is 12.2 Å². The Kier molecular flexibility index (Phi) is 6.89. The number of aromatic nitrogens is 3. The van der Waals surface area contributed by atoms with Crippen LogP contribution in [0.25, 0.3) is 0 Å². The molecule has 0 bridgehead atoms. The Labute approximate surface area is 131 Å². The van der Waals surface area contributed by atoms with Gasteiger partial charge in [0, 0.05) is 23.9 Å². The zero-order chi connectivity index (χ0) is 14.9. The summed E-state index contributed by atoms with van der Waals surface area (Å²) in [5, 5.41) is 10.1. The highest BCUT2D eigenvalue weighted by Crippen LogP contribution is 2.14. The van der Waals surface area contributed by atoms with Crippen molar-refractivity contribution in [2.45, 2.75) is 58.5 Å². The summed E-state index contributed by atoms with van der Waals surface area (Å²) in [6.45, 7) is 6.29. The van der Waals surface area contributed by atoms with Crippen molar-refractivity contribution in [2.75, 3.05) is 6.54 Å². The first-order valence-corrected chi connectivity index (χ1v) is 8.83.